The predicted octanol–water partition coefficient (Wildman–Crippen LogP) is 2.50. The Morgan fingerprint density at radius 1 is 1.35 bits per heavy atom. The molecule has 0 atom stereocenters. The van der Waals surface area contributed by atoms with E-state index in [1.54, 1.807) is 0 Å². The Hall–Kier alpha value is -1.25. The quantitative estimate of drug-likeness (QED) is 0.689. The van der Waals surface area contributed by atoms with Crippen LogP contribution in [0.4, 0.5) is 0 Å². The molecule has 0 bridgehead atoms. The van der Waals surface area contributed by atoms with Crippen molar-refractivity contribution >= 4 is 5.97 Å². The number of hydrogen-bond acceptors (Lipinski definition) is 3. The second kappa shape index (κ2) is 4.55. The molecule has 3 heteroatoms. The van der Waals surface area contributed by atoms with E-state index in [4.69, 9.17) is 4.74 Å². The van der Waals surface area contributed by atoms with E-state index in [0.29, 0.717) is 5.57 Å². The molecule has 0 aromatic carbocycles. The number of hydrogen-bond donors (Lipinski definition) is 0. The zero-order valence-electron chi connectivity index (χ0n) is 11.0. The van der Waals surface area contributed by atoms with Gasteiger partial charge in [-0.05, 0) is 25.3 Å². The molecule has 1 heterocycles. The van der Waals surface area contributed by atoms with Crippen LogP contribution in [0.3, 0.4) is 0 Å². The Kier molecular flexibility index (Phi) is 3.27. The third-order valence-corrected chi connectivity index (χ3v) is 3.69. The SMILES string of the molecule is COC(=O)C1=CCC(C)(C)C(N2CCCC2)=C1. The van der Waals surface area contributed by atoms with Crippen molar-refractivity contribution in [1.29, 1.82) is 0 Å². The summed E-state index contributed by atoms with van der Waals surface area (Å²) in [5.74, 6) is -0.225. The van der Waals surface area contributed by atoms with Crippen LogP contribution in [0.15, 0.2) is 23.4 Å². The zero-order valence-corrected chi connectivity index (χ0v) is 11.0. The van der Waals surface area contributed by atoms with E-state index in [9.17, 15) is 4.79 Å². The summed E-state index contributed by atoms with van der Waals surface area (Å²) in [5.41, 5.74) is 2.12. The summed E-state index contributed by atoms with van der Waals surface area (Å²) < 4.78 is 4.80. The highest BCUT2D eigenvalue weighted by molar-refractivity contribution is 5.92. The lowest BCUT2D eigenvalue weighted by Crippen LogP contribution is -2.32. The molecule has 17 heavy (non-hydrogen) atoms. The number of carbonyl (C=O) groups excluding carboxylic acids is 1. The lowest BCUT2D eigenvalue weighted by Gasteiger charge is -2.37. The fourth-order valence-electron chi connectivity index (χ4n) is 2.61. The molecule has 0 spiro atoms. The number of nitrogens with zero attached hydrogens (tertiary/aromatic N) is 1. The van der Waals surface area contributed by atoms with Crippen molar-refractivity contribution in [3.63, 3.8) is 0 Å². The van der Waals surface area contributed by atoms with Gasteiger partial charge in [0.2, 0.25) is 0 Å². The van der Waals surface area contributed by atoms with Crippen molar-refractivity contribution in [2.75, 3.05) is 20.2 Å². The molecule has 1 saturated heterocycles. The molecule has 0 radical (unpaired) electrons. The topological polar surface area (TPSA) is 29.5 Å². The van der Waals surface area contributed by atoms with Crippen LogP contribution < -0.4 is 0 Å². The van der Waals surface area contributed by atoms with Crippen LogP contribution in [0.5, 0.6) is 0 Å². The average molecular weight is 235 g/mol. The van der Waals surface area contributed by atoms with Gasteiger partial charge in [0.25, 0.3) is 0 Å². The van der Waals surface area contributed by atoms with Crippen molar-refractivity contribution < 1.29 is 9.53 Å². The van der Waals surface area contributed by atoms with E-state index in [0.717, 1.165) is 19.5 Å². The minimum atomic E-state index is -0.225. The fourth-order valence-corrected chi connectivity index (χ4v) is 2.61. The molecule has 0 unspecified atom stereocenters. The summed E-state index contributed by atoms with van der Waals surface area (Å²) in [7, 11) is 1.44. The maximum Gasteiger partial charge on any atom is 0.337 e. The van der Waals surface area contributed by atoms with Gasteiger partial charge in [0.1, 0.15) is 0 Å². The van der Waals surface area contributed by atoms with Crippen LogP contribution in [0.1, 0.15) is 33.1 Å². The molecule has 1 aliphatic heterocycles. The maximum atomic E-state index is 11.6. The van der Waals surface area contributed by atoms with Crippen molar-refractivity contribution in [2.45, 2.75) is 33.1 Å². The van der Waals surface area contributed by atoms with Crippen molar-refractivity contribution in [1.82, 2.24) is 4.90 Å². The molecule has 0 aromatic heterocycles. The van der Waals surface area contributed by atoms with Crippen LogP contribution in [-0.4, -0.2) is 31.1 Å². The molecular formula is C14H21NO2. The van der Waals surface area contributed by atoms with E-state index in [1.165, 1.54) is 25.6 Å². The minimum absolute atomic E-state index is 0.127. The molecule has 3 nitrogen and oxygen atoms in total. The number of ether oxygens (including phenoxy) is 1. The maximum absolute atomic E-state index is 11.6. The highest BCUT2D eigenvalue weighted by Crippen LogP contribution is 2.39. The van der Waals surface area contributed by atoms with Crippen LogP contribution in [0, 0.1) is 5.41 Å². The number of rotatable bonds is 2. The summed E-state index contributed by atoms with van der Waals surface area (Å²) in [6, 6.07) is 0. The second-order valence-electron chi connectivity index (χ2n) is 5.46. The zero-order chi connectivity index (χ0) is 12.5. The lowest BCUT2D eigenvalue weighted by atomic mass is 9.80. The molecule has 2 rings (SSSR count). The molecule has 0 N–H and O–H groups in total. The Bertz CT molecular complexity index is 374. The van der Waals surface area contributed by atoms with Gasteiger partial charge in [-0.3, -0.25) is 0 Å². The Labute approximate surface area is 103 Å². The molecule has 1 fully saturated rings. The third-order valence-electron chi connectivity index (χ3n) is 3.69. The van der Waals surface area contributed by atoms with Crippen molar-refractivity contribution in [3.8, 4) is 0 Å². The Morgan fingerprint density at radius 2 is 2.00 bits per heavy atom. The van der Waals surface area contributed by atoms with E-state index in [1.807, 2.05) is 12.2 Å². The molecule has 94 valence electrons. The third kappa shape index (κ3) is 2.38. The van der Waals surface area contributed by atoms with Crippen LogP contribution in [0.2, 0.25) is 0 Å². The first kappa shape index (κ1) is 12.2. The lowest BCUT2D eigenvalue weighted by molar-refractivity contribution is -0.135. The summed E-state index contributed by atoms with van der Waals surface area (Å²) in [6.07, 6.45) is 7.42. The number of allylic oxidation sites excluding steroid dienone is 2. The smallest absolute Gasteiger partial charge is 0.337 e. The van der Waals surface area contributed by atoms with E-state index >= 15 is 0 Å². The van der Waals surface area contributed by atoms with E-state index < -0.39 is 0 Å². The molecule has 0 aromatic rings. The second-order valence-corrected chi connectivity index (χ2v) is 5.46. The van der Waals surface area contributed by atoms with Crippen molar-refractivity contribution in [2.24, 2.45) is 5.41 Å². The molecule has 0 amide bonds. The first-order valence-electron chi connectivity index (χ1n) is 6.30. The average Bonchev–Trinajstić information content (AvgIpc) is 2.81. The van der Waals surface area contributed by atoms with Crippen LogP contribution in [0.25, 0.3) is 0 Å². The molecular weight excluding hydrogens is 214 g/mol. The van der Waals surface area contributed by atoms with E-state index in [-0.39, 0.29) is 11.4 Å². The van der Waals surface area contributed by atoms with Gasteiger partial charge in [-0.2, -0.15) is 0 Å². The summed E-state index contributed by atoms with van der Waals surface area (Å²) >= 11 is 0. The number of esters is 1. The number of likely N-dealkylation sites (tertiary alicyclic amines) is 1. The van der Waals surface area contributed by atoms with Gasteiger partial charge in [0.15, 0.2) is 0 Å². The monoisotopic (exact) mass is 235 g/mol. The standard InChI is InChI=1S/C14H21NO2/c1-14(2)7-6-11(13(16)17-3)10-12(14)15-8-4-5-9-15/h6,10H,4-5,7-9H2,1-3H3. The van der Waals surface area contributed by atoms with Crippen LogP contribution >= 0.6 is 0 Å². The number of carbonyl (C=O) groups is 1. The highest BCUT2D eigenvalue weighted by atomic mass is 16.5. The summed E-state index contributed by atoms with van der Waals surface area (Å²) in [6.45, 7) is 6.71. The Balaban J connectivity index is 2.26. The van der Waals surface area contributed by atoms with Gasteiger partial charge in [-0.1, -0.05) is 19.9 Å². The molecule has 2 aliphatic rings. The number of methoxy groups -OCH3 is 1. The predicted molar refractivity (Wildman–Crippen MR) is 67.4 cm³/mol. The van der Waals surface area contributed by atoms with Crippen LogP contribution in [-0.2, 0) is 9.53 Å². The normalized spacial score (nSPS) is 23.1. The minimum Gasteiger partial charge on any atom is -0.465 e. The Morgan fingerprint density at radius 3 is 2.59 bits per heavy atom. The van der Waals surface area contributed by atoms with E-state index in [2.05, 4.69) is 18.7 Å². The molecule has 1 aliphatic carbocycles. The van der Waals surface area contributed by atoms with Gasteiger partial charge in [-0.15, -0.1) is 0 Å². The summed E-state index contributed by atoms with van der Waals surface area (Å²) in [4.78, 5) is 14.0. The van der Waals surface area contributed by atoms with Gasteiger partial charge >= 0.3 is 5.97 Å². The van der Waals surface area contributed by atoms with Gasteiger partial charge in [0, 0.05) is 24.2 Å². The fraction of sp³-hybridized carbons (Fsp3) is 0.643. The largest absolute Gasteiger partial charge is 0.465 e. The van der Waals surface area contributed by atoms with Gasteiger partial charge in [0.05, 0.1) is 12.7 Å². The van der Waals surface area contributed by atoms with Gasteiger partial charge < -0.3 is 9.64 Å². The first-order valence-corrected chi connectivity index (χ1v) is 6.30. The highest BCUT2D eigenvalue weighted by Gasteiger charge is 2.32. The van der Waals surface area contributed by atoms with Gasteiger partial charge in [-0.25, -0.2) is 4.79 Å². The molecule has 0 saturated carbocycles. The first-order chi connectivity index (χ1) is 8.04. The summed E-state index contributed by atoms with van der Waals surface area (Å²) in [5, 5.41) is 0. The van der Waals surface area contributed by atoms with Crippen molar-refractivity contribution in [3.05, 3.63) is 23.4 Å².